The number of H-pyrrole nitrogens is 1. The Hall–Kier alpha value is -2.04. The Bertz CT molecular complexity index is 531. The number of nitrogens with zero attached hydrogens (tertiary/aromatic N) is 1. The van der Waals surface area contributed by atoms with Crippen LogP contribution < -0.4 is 5.32 Å². The van der Waals surface area contributed by atoms with Crippen molar-refractivity contribution < 1.29 is 9.90 Å². The average molecular weight is 219 g/mol. The number of rotatable bonds is 3. The van der Waals surface area contributed by atoms with E-state index in [0.29, 0.717) is 11.4 Å². The molecule has 2 rings (SSSR count). The van der Waals surface area contributed by atoms with Gasteiger partial charge in [0.2, 0.25) is 0 Å². The van der Waals surface area contributed by atoms with Crippen molar-refractivity contribution in [2.75, 3.05) is 5.32 Å². The van der Waals surface area contributed by atoms with Crippen LogP contribution in [-0.4, -0.2) is 27.3 Å². The summed E-state index contributed by atoms with van der Waals surface area (Å²) >= 11 is 0. The Morgan fingerprint density at radius 2 is 2.25 bits per heavy atom. The van der Waals surface area contributed by atoms with Gasteiger partial charge in [0.05, 0.1) is 5.52 Å². The van der Waals surface area contributed by atoms with Crippen LogP contribution >= 0.6 is 0 Å². The summed E-state index contributed by atoms with van der Waals surface area (Å²) in [5, 5.41) is 19.2. The quantitative estimate of drug-likeness (QED) is 0.738. The lowest BCUT2D eigenvalue weighted by atomic mass is 10.2. The fourth-order valence-corrected chi connectivity index (χ4v) is 1.60. The second-order valence-electron chi connectivity index (χ2n) is 3.94. The van der Waals surface area contributed by atoms with Gasteiger partial charge in [-0.2, -0.15) is 5.10 Å². The zero-order valence-corrected chi connectivity index (χ0v) is 9.11. The smallest absolute Gasteiger partial charge is 0.357 e. The molecular formula is C11H13N3O2. The van der Waals surface area contributed by atoms with E-state index in [1.54, 1.807) is 6.07 Å². The molecule has 3 N–H and O–H groups in total. The van der Waals surface area contributed by atoms with Crippen molar-refractivity contribution in [2.45, 2.75) is 19.9 Å². The summed E-state index contributed by atoms with van der Waals surface area (Å²) < 4.78 is 0. The fourth-order valence-electron chi connectivity index (χ4n) is 1.60. The lowest BCUT2D eigenvalue weighted by molar-refractivity contribution is 0.0692. The van der Waals surface area contributed by atoms with E-state index in [-0.39, 0.29) is 5.69 Å². The number of aromatic carboxylic acids is 1. The molecule has 0 aliphatic carbocycles. The molecule has 0 radical (unpaired) electrons. The summed E-state index contributed by atoms with van der Waals surface area (Å²) in [5.74, 6) is -1.02. The van der Waals surface area contributed by atoms with E-state index in [0.717, 1.165) is 11.2 Å². The van der Waals surface area contributed by atoms with Gasteiger partial charge in [0.25, 0.3) is 0 Å². The van der Waals surface area contributed by atoms with Gasteiger partial charge in [-0.05, 0) is 32.0 Å². The number of hydrogen-bond acceptors (Lipinski definition) is 3. The highest BCUT2D eigenvalue weighted by Crippen LogP contribution is 2.21. The van der Waals surface area contributed by atoms with E-state index < -0.39 is 5.97 Å². The molecule has 0 fully saturated rings. The summed E-state index contributed by atoms with van der Waals surface area (Å²) in [5.41, 5.74) is 1.68. The first-order valence-electron chi connectivity index (χ1n) is 5.06. The van der Waals surface area contributed by atoms with Crippen molar-refractivity contribution in [1.82, 2.24) is 10.2 Å². The van der Waals surface area contributed by atoms with Crippen LogP contribution in [-0.2, 0) is 0 Å². The third kappa shape index (κ3) is 1.84. The fraction of sp³-hybridized carbons (Fsp3) is 0.273. The van der Waals surface area contributed by atoms with Gasteiger partial charge in [0.15, 0.2) is 5.69 Å². The minimum atomic E-state index is -1.02. The van der Waals surface area contributed by atoms with Gasteiger partial charge in [-0.25, -0.2) is 4.79 Å². The van der Waals surface area contributed by atoms with Crippen molar-refractivity contribution in [2.24, 2.45) is 0 Å². The second kappa shape index (κ2) is 3.84. The largest absolute Gasteiger partial charge is 0.476 e. The Morgan fingerprint density at radius 3 is 2.88 bits per heavy atom. The van der Waals surface area contributed by atoms with Crippen LogP contribution in [0.4, 0.5) is 5.69 Å². The number of nitrogens with one attached hydrogen (secondary N) is 2. The van der Waals surface area contributed by atoms with Crippen molar-refractivity contribution >= 4 is 22.6 Å². The van der Waals surface area contributed by atoms with Crippen LogP contribution in [0.25, 0.3) is 10.9 Å². The molecule has 2 aromatic rings. The number of aromatic amines is 1. The van der Waals surface area contributed by atoms with E-state index >= 15 is 0 Å². The Kier molecular flexibility index (Phi) is 2.52. The first-order valence-corrected chi connectivity index (χ1v) is 5.06. The van der Waals surface area contributed by atoms with Crippen molar-refractivity contribution in [3.63, 3.8) is 0 Å². The van der Waals surface area contributed by atoms with Gasteiger partial charge in [-0.15, -0.1) is 0 Å². The van der Waals surface area contributed by atoms with Crippen molar-refractivity contribution in [3.05, 3.63) is 23.9 Å². The highest BCUT2D eigenvalue weighted by atomic mass is 16.4. The van der Waals surface area contributed by atoms with Crippen LogP contribution in [0, 0.1) is 0 Å². The van der Waals surface area contributed by atoms with E-state index in [9.17, 15) is 4.79 Å². The number of benzene rings is 1. The number of carboxylic acids is 1. The molecule has 16 heavy (non-hydrogen) atoms. The standard InChI is InChI=1S/C11H13N3O2/c1-6(2)12-7-3-4-9-8(5-7)10(11(15)16)14-13-9/h3-6,12H,1-2H3,(H,13,14)(H,15,16). The van der Waals surface area contributed by atoms with Crippen LogP contribution in [0.2, 0.25) is 0 Å². The van der Waals surface area contributed by atoms with Gasteiger partial charge >= 0.3 is 5.97 Å². The third-order valence-electron chi connectivity index (χ3n) is 2.22. The monoisotopic (exact) mass is 219 g/mol. The SMILES string of the molecule is CC(C)Nc1ccc2[nH]nc(C(=O)O)c2c1. The lowest BCUT2D eigenvalue weighted by Gasteiger charge is -2.09. The molecule has 0 bridgehead atoms. The minimum Gasteiger partial charge on any atom is -0.476 e. The number of anilines is 1. The summed E-state index contributed by atoms with van der Waals surface area (Å²) in [6.45, 7) is 4.05. The predicted molar refractivity (Wildman–Crippen MR) is 61.8 cm³/mol. The number of fused-ring (bicyclic) bond motifs is 1. The lowest BCUT2D eigenvalue weighted by Crippen LogP contribution is -2.09. The second-order valence-corrected chi connectivity index (χ2v) is 3.94. The van der Waals surface area contributed by atoms with Gasteiger partial charge in [0, 0.05) is 17.1 Å². The highest BCUT2D eigenvalue weighted by Gasteiger charge is 2.12. The topological polar surface area (TPSA) is 78.0 Å². The molecule has 1 aromatic heterocycles. The predicted octanol–water partition coefficient (Wildman–Crippen LogP) is 2.08. The van der Waals surface area contributed by atoms with Crippen LogP contribution in [0.1, 0.15) is 24.3 Å². The zero-order chi connectivity index (χ0) is 11.7. The number of carboxylic acid groups (broad SMARTS) is 1. The first-order chi connectivity index (χ1) is 7.58. The van der Waals surface area contributed by atoms with E-state index in [1.165, 1.54) is 0 Å². The average Bonchev–Trinajstić information content (AvgIpc) is 2.59. The van der Waals surface area contributed by atoms with E-state index in [4.69, 9.17) is 5.11 Å². The number of hydrogen-bond donors (Lipinski definition) is 3. The van der Waals surface area contributed by atoms with Crippen LogP contribution in [0.5, 0.6) is 0 Å². The maximum Gasteiger partial charge on any atom is 0.357 e. The molecule has 1 aromatic carbocycles. The maximum atomic E-state index is 10.9. The van der Waals surface area contributed by atoms with E-state index in [2.05, 4.69) is 15.5 Å². The van der Waals surface area contributed by atoms with Gasteiger partial charge in [0.1, 0.15) is 0 Å². The molecule has 0 saturated heterocycles. The molecular weight excluding hydrogens is 206 g/mol. The summed E-state index contributed by atoms with van der Waals surface area (Å²) in [6, 6.07) is 5.81. The summed E-state index contributed by atoms with van der Waals surface area (Å²) in [7, 11) is 0. The Morgan fingerprint density at radius 1 is 1.50 bits per heavy atom. The Balaban J connectivity index is 2.50. The summed E-state index contributed by atoms with van der Waals surface area (Å²) in [4.78, 5) is 10.9. The zero-order valence-electron chi connectivity index (χ0n) is 9.11. The molecule has 0 aliphatic rings. The number of carbonyl (C=O) groups is 1. The Labute approximate surface area is 92.5 Å². The molecule has 0 saturated carbocycles. The maximum absolute atomic E-state index is 10.9. The van der Waals surface area contributed by atoms with Gasteiger partial charge in [-0.3, -0.25) is 5.10 Å². The van der Waals surface area contributed by atoms with Crippen molar-refractivity contribution in [3.8, 4) is 0 Å². The molecule has 5 heteroatoms. The first kappa shape index (κ1) is 10.5. The molecule has 0 unspecified atom stereocenters. The van der Waals surface area contributed by atoms with Gasteiger partial charge < -0.3 is 10.4 Å². The number of aromatic nitrogens is 2. The molecule has 0 aliphatic heterocycles. The molecule has 1 heterocycles. The molecule has 0 amide bonds. The molecule has 84 valence electrons. The van der Waals surface area contributed by atoms with Crippen LogP contribution in [0.3, 0.4) is 0 Å². The van der Waals surface area contributed by atoms with Crippen LogP contribution in [0.15, 0.2) is 18.2 Å². The van der Waals surface area contributed by atoms with Crippen molar-refractivity contribution in [1.29, 1.82) is 0 Å². The van der Waals surface area contributed by atoms with Gasteiger partial charge in [-0.1, -0.05) is 0 Å². The normalized spacial score (nSPS) is 10.9. The molecule has 0 atom stereocenters. The third-order valence-corrected chi connectivity index (χ3v) is 2.22. The summed E-state index contributed by atoms with van der Waals surface area (Å²) in [6.07, 6.45) is 0. The molecule has 0 spiro atoms. The van der Waals surface area contributed by atoms with E-state index in [1.807, 2.05) is 26.0 Å². The molecule has 5 nitrogen and oxygen atoms in total. The minimum absolute atomic E-state index is 0.0578. The highest BCUT2D eigenvalue weighted by molar-refractivity contribution is 6.01.